The van der Waals surface area contributed by atoms with Crippen molar-refractivity contribution in [3.63, 3.8) is 0 Å². The van der Waals surface area contributed by atoms with Crippen molar-refractivity contribution in [1.29, 1.82) is 0 Å². The van der Waals surface area contributed by atoms with Crippen molar-refractivity contribution in [3.05, 3.63) is 40.6 Å². The number of hydrogen-bond donors (Lipinski definition) is 3. The molecule has 4 N–H and O–H groups in total. The molecule has 0 radical (unpaired) electrons. The number of oxime groups is 1. The first-order valence-corrected chi connectivity index (χ1v) is 11.9. The van der Waals surface area contributed by atoms with Crippen LogP contribution < -0.4 is 45.7 Å². The summed E-state index contributed by atoms with van der Waals surface area (Å²) in [7, 11) is 0. The van der Waals surface area contributed by atoms with Gasteiger partial charge in [-0.25, -0.2) is 9.97 Å². The number of nitrogens with one attached hydrogen (secondary N) is 2. The van der Waals surface area contributed by atoms with E-state index in [2.05, 4.69) is 25.4 Å². The fourth-order valence-electron chi connectivity index (χ4n) is 3.31. The topological polar surface area (TPSA) is 205 Å². The van der Waals surface area contributed by atoms with Gasteiger partial charge >= 0.3 is 35.5 Å². The molecular formula is C19H18N7NaO7S2. The number of H-pyrrole nitrogens is 1. The molecule has 0 unspecified atom stereocenters. The Hall–Kier alpha value is -2.92. The second-order valence-electron chi connectivity index (χ2n) is 7.24. The van der Waals surface area contributed by atoms with Crippen LogP contribution >= 0.6 is 23.1 Å². The number of aromatic nitrogens is 3. The standard InChI is InChI=1S/C19H19N7O7S2.Na/c1-8(27)32-3-9-5-34-17-13(16(29)26(17)14(9)18(30)31)24-15(28)12(11-6-35-19(20)23-11)25-33-4-10-2-21-7-22-10;/h2,6-7,13,17H,3-5H2,1H3,(H2,20,23)(H,21,22)(H,24,28)(H,30,31);/q;+1/p-1/b25-12-;/t13-,17-;/m1./s1. The number of esters is 1. The summed E-state index contributed by atoms with van der Waals surface area (Å²) in [4.78, 5) is 65.7. The van der Waals surface area contributed by atoms with Crippen LogP contribution in [0, 0.1) is 0 Å². The van der Waals surface area contributed by atoms with Crippen molar-refractivity contribution in [2.45, 2.75) is 24.9 Å². The molecule has 4 heterocycles. The van der Waals surface area contributed by atoms with Gasteiger partial charge in [0.15, 0.2) is 17.5 Å². The van der Waals surface area contributed by atoms with Gasteiger partial charge in [0.2, 0.25) is 0 Å². The molecule has 36 heavy (non-hydrogen) atoms. The van der Waals surface area contributed by atoms with Gasteiger partial charge in [-0.2, -0.15) is 0 Å². The first kappa shape index (κ1) is 27.7. The maximum Gasteiger partial charge on any atom is 1.00 e. The molecule has 0 saturated carbocycles. The van der Waals surface area contributed by atoms with E-state index < -0.39 is 35.2 Å². The number of fused-ring (bicyclic) bond motifs is 1. The second-order valence-corrected chi connectivity index (χ2v) is 9.24. The normalized spacial score (nSPS) is 19.1. The number of ether oxygens (including phenoxy) is 1. The third-order valence-corrected chi connectivity index (χ3v) is 6.90. The third-order valence-electron chi connectivity index (χ3n) is 4.89. The van der Waals surface area contributed by atoms with E-state index in [-0.39, 0.29) is 76.3 Å². The van der Waals surface area contributed by atoms with E-state index in [1.54, 1.807) is 0 Å². The van der Waals surface area contributed by atoms with E-state index in [4.69, 9.17) is 15.3 Å². The predicted octanol–water partition coefficient (Wildman–Crippen LogP) is -4.66. The molecule has 17 heteroatoms. The zero-order chi connectivity index (χ0) is 25.1. The number of hydrogen-bond acceptors (Lipinski definition) is 13. The smallest absolute Gasteiger partial charge is 0.543 e. The van der Waals surface area contributed by atoms with E-state index >= 15 is 0 Å². The number of thiazole rings is 1. The van der Waals surface area contributed by atoms with Gasteiger partial charge in [0.1, 0.15) is 23.7 Å². The summed E-state index contributed by atoms with van der Waals surface area (Å²) >= 11 is 2.30. The Labute approximate surface area is 234 Å². The first-order valence-electron chi connectivity index (χ1n) is 9.97. The number of rotatable bonds is 9. The van der Waals surface area contributed by atoms with Crippen LogP contribution in [0.1, 0.15) is 18.3 Å². The van der Waals surface area contributed by atoms with Gasteiger partial charge in [0.05, 0.1) is 29.9 Å². The third kappa shape index (κ3) is 5.89. The Morgan fingerprint density at radius 3 is 2.78 bits per heavy atom. The van der Waals surface area contributed by atoms with Gasteiger partial charge in [-0.3, -0.25) is 19.3 Å². The van der Waals surface area contributed by atoms with Crippen molar-refractivity contribution < 1.29 is 63.4 Å². The van der Waals surface area contributed by atoms with Crippen LogP contribution in [-0.2, 0) is 35.4 Å². The molecule has 0 bridgehead atoms. The average Bonchev–Trinajstić information content (AvgIpc) is 3.49. The molecule has 2 aliphatic heterocycles. The quantitative estimate of drug-likeness (QED) is 0.0901. The Morgan fingerprint density at radius 2 is 2.17 bits per heavy atom. The number of nitrogens with two attached hydrogens (primary N) is 1. The Kier molecular flexibility index (Phi) is 9.13. The summed E-state index contributed by atoms with van der Waals surface area (Å²) < 4.78 is 4.88. The van der Waals surface area contributed by atoms with Crippen molar-refractivity contribution in [3.8, 4) is 0 Å². The molecule has 1 saturated heterocycles. The Bertz CT molecular complexity index is 1230. The van der Waals surface area contributed by atoms with Crippen LogP contribution in [0.5, 0.6) is 0 Å². The number of β-lactam (4-membered cyclic amide) rings is 1. The minimum absolute atomic E-state index is 0. The van der Waals surface area contributed by atoms with Crippen LogP contribution in [0.25, 0.3) is 0 Å². The van der Waals surface area contributed by atoms with E-state index in [9.17, 15) is 24.3 Å². The van der Waals surface area contributed by atoms with Gasteiger partial charge in [0, 0.05) is 23.6 Å². The number of carbonyl (C=O) groups is 4. The summed E-state index contributed by atoms with van der Waals surface area (Å²) in [5.41, 5.74) is 6.08. The van der Waals surface area contributed by atoms with Crippen LogP contribution in [0.15, 0.2) is 34.3 Å². The minimum atomic E-state index is -1.58. The second kappa shape index (κ2) is 11.9. The predicted molar refractivity (Wildman–Crippen MR) is 120 cm³/mol. The summed E-state index contributed by atoms with van der Waals surface area (Å²) in [5.74, 6) is -3.43. The number of carboxylic acids is 1. The number of anilines is 1. The molecule has 2 atom stereocenters. The number of aromatic amines is 1. The van der Waals surface area contributed by atoms with Crippen molar-refractivity contribution in [2.75, 3.05) is 18.1 Å². The molecule has 0 spiro atoms. The summed E-state index contributed by atoms with van der Waals surface area (Å²) in [6, 6.07) is -1.04. The molecule has 0 aromatic carbocycles. The van der Waals surface area contributed by atoms with E-state index in [0.717, 1.165) is 16.2 Å². The molecule has 14 nitrogen and oxygen atoms in total. The summed E-state index contributed by atoms with van der Waals surface area (Å²) in [6.45, 7) is 0.900. The number of nitrogen functional groups attached to an aromatic ring is 1. The van der Waals surface area contributed by atoms with E-state index in [1.807, 2.05) is 0 Å². The van der Waals surface area contributed by atoms with Crippen molar-refractivity contribution >= 4 is 57.7 Å². The molecule has 1 fully saturated rings. The Morgan fingerprint density at radius 1 is 1.39 bits per heavy atom. The van der Waals surface area contributed by atoms with E-state index in [0.29, 0.717) is 5.69 Å². The van der Waals surface area contributed by atoms with Gasteiger partial charge in [-0.15, -0.1) is 23.1 Å². The minimum Gasteiger partial charge on any atom is -0.543 e. The molecule has 2 amide bonds. The van der Waals surface area contributed by atoms with E-state index in [1.165, 1.54) is 36.6 Å². The summed E-state index contributed by atoms with van der Waals surface area (Å²) in [6.07, 6.45) is 2.98. The zero-order valence-electron chi connectivity index (χ0n) is 19.0. The fraction of sp³-hybridized carbons (Fsp3) is 0.316. The number of thioether (sulfide) groups is 1. The van der Waals surface area contributed by atoms with Crippen LogP contribution in [-0.4, -0.2) is 73.1 Å². The van der Waals surface area contributed by atoms with Crippen LogP contribution in [0.3, 0.4) is 0 Å². The average molecular weight is 544 g/mol. The van der Waals surface area contributed by atoms with Crippen LogP contribution in [0.2, 0.25) is 0 Å². The largest absolute Gasteiger partial charge is 1.00 e. The first-order chi connectivity index (χ1) is 16.8. The number of imidazole rings is 1. The maximum absolute atomic E-state index is 13.0. The molecule has 184 valence electrons. The van der Waals surface area contributed by atoms with Crippen molar-refractivity contribution in [2.24, 2.45) is 5.16 Å². The molecular weight excluding hydrogens is 525 g/mol. The monoisotopic (exact) mass is 543 g/mol. The van der Waals surface area contributed by atoms with Crippen LogP contribution in [0.4, 0.5) is 5.13 Å². The van der Waals surface area contributed by atoms with Gasteiger partial charge in [-0.1, -0.05) is 5.16 Å². The van der Waals surface area contributed by atoms with Gasteiger partial charge in [-0.05, 0) is 0 Å². The molecule has 0 aliphatic carbocycles. The maximum atomic E-state index is 13.0. The number of carboxylic acid groups (broad SMARTS) is 1. The molecule has 4 rings (SSSR count). The number of nitrogens with zero attached hydrogens (tertiary/aromatic N) is 4. The number of carbonyl (C=O) groups excluding carboxylic acids is 4. The molecule has 2 aliphatic rings. The molecule has 2 aromatic heterocycles. The number of amides is 2. The SMILES string of the molecule is CC(=O)OCC1=C(C(=O)[O-])N2C(=O)[C@@H](NC(=O)/C(=N\OCc3cnc[nH]3)c3csc(N)n3)[C@H]2SC1.[Na+]. The van der Waals surface area contributed by atoms with Gasteiger partial charge in [0.25, 0.3) is 11.8 Å². The summed E-state index contributed by atoms with van der Waals surface area (Å²) in [5, 5.41) is 19.2. The van der Waals surface area contributed by atoms with Crippen molar-refractivity contribution in [1.82, 2.24) is 25.2 Å². The molecule has 2 aromatic rings. The Balaban J connectivity index is 0.00000361. The van der Waals surface area contributed by atoms with Gasteiger partial charge < -0.3 is 35.5 Å². The number of aliphatic carboxylic acids is 1. The fourth-order valence-corrected chi connectivity index (χ4v) is 5.19. The zero-order valence-corrected chi connectivity index (χ0v) is 22.7.